The lowest BCUT2D eigenvalue weighted by atomic mass is 9.99. The average Bonchev–Trinajstić information content (AvgIpc) is 2.50. The molecule has 0 saturated carbocycles. The van der Waals surface area contributed by atoms with Gasteiger partial charge in [0.1, 0.15) is 6.04 Å². The molecule has 0 spiro atoms. The summed E-state index contributed by atoms with van der Waals surface area (Å²) in [6.07, 6.45) is 0.804. The lowest BCUT2D eigenvalue weighted by Crippen LogP contribution is -2.40. The number of halogens is 1. The Bertz CT molecular complexity index is 683. The highest BCUT2D eigenvalue weighted by Crippen LogP contribution is 2.14. The Balaban J connectivity index is 0.00000288. The third-order valence-corrected chi connectivity index (χ3v) is 4.13. The maximum Gasteiger partial charge on any atom is 0.241 e. The van der Waals surface area contributed by atoms with Gasteiger partial charge in [-0.3, -0.25) is 4.79 Å². The summed E-state index contributed by atoms with van der Waals surface area (Å²) in [6, 6.07) is 13.6. The van der Waals surface area contributed by atoms with Crippen molar-refractivity contribution in [3.8, 4) is 0 Å². The molecule has 0 heterocycles. The molecule has 0 aliphatic heterocycles. The van der Waals surface area contributed by atoms with E-state index in [-0.39, 0.29) is 24.4 Å². The lowest BCUT2D eigenvalue weighted by Gasteiger charge is -2.19. The Kier molecular flexibility index (Phi) is 7.46. The normalized spacial score (nSPS) is 12.9. The van der Waals surface area contributed by atoms with Crippen LogP contribution in [0, 0.1) is 20.8 Å². The van der Waals surface area contributed by atoms with E-state index in [0.29, 0.717) is 0 Å². The van der Waals surface area contributed by atoms with Gasteiger partial charge in [-0.25, -0.2) is 0 Å². The van der Waals surface area contributed by atoms with E-state index < -0.39 is 6.04 Å². The van der Waals surface area contributed by atoms with E-state index in [0.717, 1.165) is 17.5 Å². The monoisotopic (exact) mass is 346 g/mol. The summed E-state index contributed by atoms with van der Waals surface area (Å²) in [5.74, 6) is -0.133. The van der Waals surface area contributed by atoms with Crippen LogP contribution in [0.25, 0.3) is 0 Å². The molecule has 0 fully saturated rings. The molecular weight excluding hydrogens is 320 g/mol. The van der Waals surface area contributed by atoms with Crippen molar-refractivity contribution in [2.75, 3.05) is 0 Å². The first kappa shape index (κ1) is 20.2. The average molecular weight is 347 g/mol. The highest BCUT2D eigenvalue weighted by atomic mass is 35.5. The van der Waals surface area contributed by atoms with Crippen LogP contribution in [0.15, 0.2) is 42.5 Å². The number of rotatable bonds is 5. The third kappa shape index (κ3) is 5.36. The molecule has 2 rings (SSSR count). The summed E-state index contributed by atoms with van der Waals surface area (Å²) in [4.78, 5) is 12.3. The molecule has 1 amide bonds. The van der Waals surface area contributed by atoms with E-state index in [2.05, 4.69) is 37.4 Å². The predicted molar refractivity (Wildman–Crippen MR) is 103 cm³/mol. The second-order valence-electron chi connectivity index (χ2n) is 6.43. The summed E-state index contributed by atoms with van der Waals surface area (Å²) in [6.45, 7) is 8.22. The van der Waals surface area contributed by atoms with Crippen molar-refractivity contribution in [1.82, 2.24) is 5.32 Å². The minimum atomic E-state index is -0.628. The highest BCUT2D eigenvalue weighted by Gasteiger charge is 2.18. The fraction of sp³-hybridized carbons (Fsp3) is 0.350. The van der Waals surface area contributed by atoms with Crippen molar-refractivity contribution in [3.05, 3.63) is 70.3 Å². The summed E-state index contributed by atoms with van der Waals surface area (Å²) < 4.78 is 0. The Hall–Kier alpha value is -1.84. The molecule has 0 radical (unpaired) electrons. The number of nitrogens with one attached hydrogen (secondary N) is 1. The zero-order chi connectivity index (χ0) is 17.0. The molecule has 2 atom stereocenters. The SMILES string of the molecule is Cc1ccc(C(N)C(=O)NC(C)Cc2ccc(C)cc2C)cc1.Cl. The number of carbonyl (C=O) groups is 1. The van der Waals surface area contributed by atoms with E-state index in [4.69, 9.17) is 5.73 Å². The molecule has 24 heavy (non-hydrogen) atoms. The topological polar surface area (TPSA) is 55.1 Å². The first-order valence-corrected chi connectivity index (χ1v) is 8.05. The van der Waals surface area contributed by atoms with Crippen LogP contribution < -0.4 is 11.1 Å². The zero-order valence-electron chi connectivity index (χ0n) is 14.8. The minimum absolute atomic E-state index is 0. The van der Waals surface area contributed by atoms with Crippen LogP contribution in [0.3, 0.4) is 0 Å². The summed E-state index contributed by atoms with van der Waals surface area (Å²) in [7, 11) is 0. The van der Waals surface area contributed by atoms with Crippen LogP contribution in [0.4, 0.5) is 0 Å². The third-order valence-electron chi connectivity index (χ3n) is 4.13. The van der Waals surface area contributed by atoms with Crippen molar-refractivity contribution >= 4 is 18.3 Å². The molecule has 2 unspecified atom stereocenters. The van der Waals surface area contributed by atoms with Gasteiger partial charge in [-0.1, -0.05) is 53.6 Å². The standard InChI is InChI=1S/C20H26N2O.ClH/c1-13-5-8-17(9-6-13)19(21)20(23)22-16(4)12-18-10-7-14(2)11-15(18)3;/h5-11,16,19H,12,21H2,1-4H3,(H,22,23);1H. The first-order chi connectivity index (χ1) is 10.9. The van der Waals surface area contributed by atoms with Gasteiger partial charge >= 0.3 is 0 Å². The number of benzene rings is 2. The fourth-order valence-corrected chi connectivity index (χ4v) is 2.71. The molecule has 130 valence electrons. The van der Waals surface area contributed by atoms with Gasteiger partial charge in [0.25, 0.3) is 0 Å². The molecule has 0 bridgehead atoms. The van der Waals surface area contributed by atoms with Gasteiger partial charge in [-0.15, -0.1) is 12.4 Å². The maximum atomic E-state index is 12.3. The molecule has 3 nitrogen and oxygen atoms in total. The van der Waals surface area contributed by atoms with Crippen LogP contribution >= 0.6 is 12.4 Å². The van der Waals surface area contributed by atoms with Crippen molar-refractivity contribution in [3.63, 3.8) is 0 Å². The Morgan fingerprint density at radius 2 is 1.62 bits per heavy atom. The van der Waals surface area contributed by atoms with Gasteiger partial charge in [-0.05, 0) is 50.8 Å². The second-order valence-corrected chi connectivity index (χ2v) is 6.43. The first-order valence-electron chi connectivity index (χ1n) is 8.05. The summed E-state index contributed by atoms with van der Waals surface area (Å²) in [5.41, 5.74) is 11.8. The van der Waals surface area contributed by atoms with E-state index in [1.807, 2.05) is 38.1 Å². The van der Waals surface area contributed by atoms with Crippen LogP contribution in [0.1, 0.15) is 40.8 Å². The van der Waals surface area contributed by atoms with Crippen molar-refractivity contribution in [2.24, 2.45) is 5.73 Å². The molecule has 2 aromatic carbocycles. The summed E-state index contributed by atoms with van der Waals surface area (Å²) in [5, 5.41) is 3.02. The van der Waals surface area contributed by atoms with Crippen LogP contribution in [-0.2, 0) is 11.2 Å². The largest absolute Gasteiger partial charge is 0.352 e. The Labute approximate surface area is 151 Å². The number of hydrogen-bond donors (Lipinski definition) is 2. The minimum Gasteiger partial charge on any atom is -0.352 e. The van der Waals surface area contributed by atoms with Gasteiger partial charge in [-0.2, -0.15) is 0 Å². The van der Waals surface area contributed by atoms with Gasteiger partial charge in [0, 0.05) is 6.04 Å². The molecule has 2 aromatic rings. The molecule has 0 saturated heterocycles. The number of nitrogens with two attached hydrogens (primary N) is 1. The van der Waals surface area contributed by atoms with E-state index in [1.165, 1.54) is 16.7 Å². The number of carbonyl (C=O) groups excluding carboxylic acids is 1. The molecular formula is C20H27ClN2O. The smallest absolute Gasteiger partial charge is 0.241 e. The molecule has 0 aliphatic carbocycles. The summed E-state index contributed by atoms with van der Waals surface area (Å²) >= 11 is 0. The zero-order valence-corrected chi connectivity index (χ0v) is 15.6. The molecule has 0 aliphatic rings. The maximum absolute atomic E-state index is 12.3. The van der Waals surface area contributed by atoms with Crippen molar-refractivity contribution < 1.29 is 4.79 Å². The van der Waals surface area contributed by atoms with Crippen LogP contribution in [-0.4, -0.2) is 11.9 Å². The Morgan fingerprint density at radius 3 is 2.21 bits per heavy atom. The van der Waals surface area contributed by atoms with Crippen molar-refractivity contribution in [1.29, 1.82) is 0 Å². The quantitative estimate of drug-likeness (QED) is 0.865. The van der Waals surface area contributed by atoms with Crippen LogP contribution in [0.2, 0.25) is 0 Å². The van der Waals surface area contributed by atoms with E-state index in [1.54, 1.807) is 0 Å². The van der Waals surface area contributed by atoms with Crippen molar-refractivity contribution in [2.45, 2.75) is 46.2 Å². The van der Waals surface area contributed by atoms with Gasteiger partial charge in [0.2, 0.25) is 5.91 Å². The number of amides is 1. The van der Waals surface area contributed by atoms with E-state index in [9.17, 15) is 4.79 Å². The number of aryl methyl sites for hydroxylation is 3. The fourth-order valence-electron chi connectivity index (χ4n) is 2.71. The molecule has 0 aromatic heterocycles. The highest BCUT2D eigenvalue weighted by molar-refractivity contribution is 5.85. The second kappa shape index (κ2) is 8.86. The van der Waals surface area contributed by atoms with Gasteiger partial charge in [0.15, 0.2) is 0 Å². The predicted octanol–water partition coefficient (Wildman–Crippen LogP) is 3.78. The molecule has 3 N–H and O–H groups in total. The number of hydrogen-bond acceptors (Lipinski definition) is 2. The van der Waals surface area contributed by atoms with E-state index >= 15 is 0 Å². The lowest BCUT2D eigenvalue weighted by molar-refractivity contribution is -0.123. The van der Waals surface area contributed by atoms with Gasteiger partial charge in [0.05, 0.1) is 0 Å². The van der Waals surface area contributed by atoms with Crippen LogP contribution in [0.5, 0.6) is 0 Å². The Morgan fingerprint density at radius 1 is 1.04 bits per heavy atom. The van der Waals surface area contributed by atoms with Gasteiger partial charge < -0.3 is 11.1 Å². The molecule has 4 heteroatoms.